The molecule has 37 heavy (non-hydrogen) atoms. The number of guanidine groups is 1. The molecule has 12 heteroatoms. The van der Waals surface area contributed by atoms with E-state index >= 15 is 0 Å². The molecule has 4 aromatic rings. The van der Waals surface area contributed by atoms with Gasteiger partial charge in [-0.3, -0.25) is 0 Å². The molecule has 0 spiro atoms. The highest BCUT2D eigenvalue weighted by Gasteiger charge is 2.38. The van der Waals surface area contributed by atoms with Gasteiger partial charge < -0.3 is 10.6 Å². The first kappa shape index (κ1) is 26.4. The Morgan fingerprint density at radius 1 is 0.919 bits per heavy atom. The van der Waals surface area contributed by atoms with Crippen molar-refractivity contribution >= 4 is 40.7 Å². The molecular formula is C25H18Cl2F5N5. The van der Waals surface area contributed by atoms with Crippen molar-refractivity contribution in [3.05, 3.63) is 105 Å². The normalized spacial score (nSPS) is 12.1. The number of aromatic nitrogens is 2. The Bertz CT molecular complexity index is 1430. The third-order valence-corrected chi connectivity index (χ3v) is 5.59. The van der Waals surface area contributed by atoms with Crippen LogP contribution >= 0.6 is 23.2 Å². The minimum atomic E-state index is -4.76. The lowest BCUT2D eigenvalue weighted by Gasteiger charge is -2.15. The molecule has 1 heterocycles. The van der Waals surface area contributed by atoms with Gasteiger partial charge in [-0.15, -0.1) is 0 Å². The summed E-state index contributed by atoms with van der Waals surface area (Å²) in [6.45, 7) is 1.32. The molecule has 0 aliphatic heterocycles. The summed E-state index contributed by atoms with van der Waals surface area (Å²) in [6, 6.07) is 15.3. The zero-order valence-electron chi connectivity index (χ0n) is 19.0. The van der Waals surface area contributed by atoms with Crippen LogP contribution in [-0.4, -0.2) is 15.7 Å². The smallest absolute Gasteiger partial charge is 0.326 e. The summed E-state index contributed by atoms with van der Waals surface area (Å²) in [6.07, 6.45) is -4.76. The van der Waals surface area contributed by atoms with Crippen LogP contribution in [0.2, 0.25) is 10.0 Å². The van der Waals surface area contributed by atoms with Crippen LogP contribution in [0.15, 0.2) is 71.7 Å². The molecule has 0 unspecified atom stereocenters. The first-order valence-electron chi connectivity index (χ1n) is 10.7. The van der Waals surface area contributed by atoms with Crippen molar-refractivity contribution in [1.29, 1.82) is 0 Å². The first-order valence-corrected chi connectivity index (χ1v) is 11.5. The molecule has 192 valence electrons. The van der Waals surface area contributed by atoms with Crippen LogP contribution in [0.1, 0.15) is 16.8 Å². The number of benzene rings is 3. The monoisotopic (exact) mass is 553 g/mol. The lowest BCUT2D eigenvalue weighted by Crippen LogP contribution is -2.24. The van der Waals surface area contributed by atoms with E-state index in [-0.39, 0.29) is 40.3 Å². The maximum absolute atomic E-state index is 13.9. The zero-order valence-corrected chi connectivity index (χ0v) is 20.6. The molecule has 2 N–H and O–H groups in total. The van der Waals surface area contributed by atoms with Crippen LogP contribution < -0.4 is 10.6 Å². The predicted molar refractivity (Wildman–Crippen MR) is 135 cm³/mol. The van der Waals surface area contributed by atoms with E-state index in [4.69, 9.17) is 23.2 Å². The number of alkyl halides is 3. The Balaban J connectivity index is 1.79. The second kappa shape index (κ2) is 10.8. The number of hydrogen-bond donors (Lipinski definition) is 2. The molecule has 1 aromatic heterocycles. The molecule has 0 saturated heterocycles. The number of rotatable bonds is 5. The van der Waals surface area contributed by atoms with E-state index in [1.54, 1.807) is 24.3 Å². The van der Waals surface area contributed by atoms with Gasteiger partial charge >= 0.3 is 6.18 Å². The Morgan fingerprint density at radius 3 is 2.30 bits per heavy atom. The molecule has 0 fully saturated rings. The van der Waals surface area contributed by atoms with Crippen molar-refractivity contribution in [2.24, 2.45) is 4.99 Å². The van der Waals surface area contributed by atoms with Crippen LogP contribution in [0.4, 0.5) is 33.5 Å². The third kappa shape index (κ3) is 6.58. The summed E-state index contributed by atoms with van der Waals surface area (Å²) in [7, 11) is 0. The van der Waals surface area contributed by atoms with E-state index in [1.165, 1.54) is 25.1 Å². The first-order chi connectivity index (χ1) is 17.5. The quantitative estimate of drug-likeness (QED) is 0.150. The minimum absolute atomic E-state index is 0.0262. The molecule has 4 rings (SSSR count). The van der Waals surface area contributed by atoms with Crippen molar-refractivity contribution in [3.63, 3.8) is 0 Å². The van der Waals surface area contributed by atoms with E-state index < -0.39 is 23.5 Å². The molecule has 0 atom stereocenters. The largest absolute Gasteiger partial charge is 0.435 e. The molecule has 3 aromatic carbocycles. The number of hydrogen-bond acceptors (Lipinski definition) is 2. The predicted octanol–water partition coefficient (Wildman–Crippen LogP) is 7.86. The Kier molecular flexibility index (Phi) is 7.70. The fourth-order valence-corrected chi connectivity index (χ4v) is 3.91. The van der Waals surface area contributed by atoms with Crippen molar-refractivity contribution in [1.82, 2.24) is 9.78 Å². The number of anilines is 2. The molecule has 5 nitrogen and oxygen atoms in total. The Morgan fingerprint density at radius 2 is 1.65 bits per heavy atom. The second-order valence-electron chi connectivity index (χ2n) is 7.91. The standard InChI is InChI=1S/C25H18Cl2F5N5/c1-14-22(25(30,31)32)36-37(21-7-5-18(28)6-8-21)23(14)35-24(33-13-15-3-2-4-16(26)9-15)34-20-11-17(27)10-19(29)12-20/h2-12H,13H2,1H3,(H2,33,34,35). The van der Waals surface area contributed by atoms with Gasteiger partial charge in [0.25, 0.3) is 0 Å². The number of nitrogens with zero attached hydrogens (tertiary/aromatic N) is 3. The van der Waals surface area contributed by atoms with Crippen LogP contribution in [0.25, 0.3) is 5.69 Å². The zero-order chi connectivity index (χ0) is 26.7. The topological polar surface area (TPSA) is 54.2 Å². The number of aliphatic imine (C=N–C) groups is 1. The second-order valence-corrected chi connectivity index (χ2v) is 8.78. The van der Waals surface area contributed by atoms with Crippen molar-refractivity contribution < 1.29 is 22.0 Å². The van der Waals surface area contributed by atoms with E-state index in [2.05, 4.69) is 20.7 Å². The highest BCUT2D eigenvalue weighted by Crippen LogP contribution is 2.35. The van der Waals surface area contributed by atoms with Crippen LogP contribution in [-0.2, 0) is 12.7 Å². The average molecular weight is 554 g/mol. The Hall–Kier alpha value is -3.63. The van der Waals surface area contributed by atoms with Crippen molar-refractivity contribution in [2.75, 3.05) is 10.6 Å². The van der Waals surface area contributed by atoms with Gasteiger partial charge in [0.05, 0.1) is 12.2 Å². The van der Waals surface area contributed by atoms with E-state index in [9.17, 15) is 22.0 Å². The molecule has 0 aliphatic rings. The summed E-state index contributed by atoms with van der Waals surface area (Å²) < 4.78 is 69.6. The van der Waals surface area contributed by atoms with Crippen molar-refractivity contribution in [2.45, 2.75) is 19.6 Å². The summed E-state index contributed by atoms with van der Waals surface area (Å²) in [5.74, 6) is -1.30. The highest BCUT2D eigenvalue weighted by atomic mass is 35.5. The summed E-state index contributed by atoms with van der Waals surface area (Å²) >= 11 is 12.0. The van der Waals surface area contributed by atoms with Crippen LogP contribution in [0, 0.1) is 18.6 Å². The lowest BCUT2D eigenvalue weighted by molar-refractivity contribution is -0.141. The van der Waals surface area contributed by atoms with Gasteiger partial charge in [-0.2, -0.15) is 18.3 Å². The lowest BCUT2D eigenvalue weighted by atomic mass is 10.2. The summed E-state index contributed by atoms with van der Waals surface area (Å²) in [5.41, 5.74) is -0.284. The molecule has 0 saturated carbocycles. The molecule has 0 bridgehead atoms. The van der Waals surface area contributed by atoms with Crippen molar-refractivity contribution in [3.8, 4) is 5.69 Å². The van der Waals surface area contributed by atoms with Gasteiger partial charge in [-0.1, -0.05) is 35.3 Å². The van der Waals surface area contributed by atoms with Crippen LogP contribution in [0.3, 0.4) is 0 Å². The van der Waals surface area contributed by atoms with Gasteiger partial charge in [0.1, 0.15) is 17.5 Å². The molecule has 0 amide bonds. The summed E-state index contributed by atoms with van der Waals surface area (Å²) in [5, 5.41) is 10.0. The van der Waals surface area contributed by atoms with Gasteiger partial charge in [0.15, 0.2) is 5.69 Å². The average Bonchev–Trinajstić information content (AvgIpc) is 3.14. The van der Waals surface area contributed by atoms with Gasteiger partial charge in [-0.05, 0) is 67.1 Å². The van der Waals surface area contributed by atoms with Gasteiger partial charge in [0.2, 0.25) is 5.96 Å². The molecular weight excluding hydrogens is 536 g/mol. The minimum Gasteiger partial charge on any atom is -0.326 e. The maximum Gasteiger partial charge on any atom is 0.435 e. The molecule has 0 radical (unpaired) electrons. The van der Waals surface area contributed by atoms with Gasteiger partial charge in [0, 0.05) is 21.3 Å². The van der Waals surface area contributed by atoms with Crippen LogP contribution in [0.5, 0.6) is 0 Å². The van der Waals surface area contributed by atoms with E-state index in [1.807, 2.05) is 0 Å². The number of nitrogens with one attached hydrogen (secondary N) is 2. The fraction of sp³-hybridized carbons (Fsp3) is 0.120. The van der Waals surface area contributed by atoms with E-state index in [0.29, 0.717) is 10.6 Å². The fourth-order valence-electron chi connectivity index (χ4n) is 3.47. The van der Waals surface area contributed by atoms with E-state index in [0.717, 1.165) is 28.9 Å². The Labute approximate surface area is 218 Å². The maximum atomic E-state index is 13.9. The highest BCUT2D eigenvalue weighted by molar-refractivity contribution is 6.31. The molecule has 0 aliphatic carbocycles. The summed E-state index contributed by atoms with van der Waals surface area (Å²) in [4.78, 5) is 4.43. The SMILES string of the molecule is Cc1c(C(F)(F)F)nn(-c2ccc(F)cc2)c1NC(=NCc1cccc(Cl)c1)Nc1cc(F)cc(Cl)c1. The third-order valence-electron chi connectivity index (χ3n) is 5.13. The van der Waals surface area contributed by atoms with Gasteiger partial charge in [-0.25, -0.2) is 18.5 Å². The number of halogens is 7.